The quantitative estimate of drug-likeness (QED) is 0.904. The molecule has 0 amide bonds. The second-order valence-corrected chi connectivity index (χ2v) is 7.59. The zero-order valence-electron chi connectivity index (χ0n) is 12.0. The number of carboxylic acids is 1. The van der Waals surface area contributed by atoms with Crippen molar-refractivity contribution in [2.45, 2.75) is 51.9 Å². The Kier molecular flexibility index (Phi) is 2.57. The van der Waals surface area contributed by atoms with E-state index in [1.54, 1.807) is 6.07 Å². The summed E-state index contributed by atoms with van der Waals surface area (Å²) in [4.78, 5) is 11.0. The van der Waals surface area contributed by atoms with Gasteiger partial charge in [0.05, 0.1) is 0 Å². The molecule has 5 rings (SSSR count). The second-order valence-electron chi connectivity index (χ2n) is 7.59. The van der Waals surface area contributed by atoms with Crippen molar-refractivity contribution in [3.05, 3.63) is 23.2 Å². The average Bonchev–Trinajstić information content (AvgIpc) is 2.68. The molecule has 3 heteroatoms. The maximum atomic E-state index is 11.0. The van der Waals surface area contributed by atoms with E-state index in [1.165, 1.54) is 38.5 Å². The van der Waals surface area contributed by atoms with Crippen molar-refractivity contribution >= 4 is 5.97 Å². The van der Waals surface area contributed by atoms with Crippen molar-refractivity contribution in [1.82, 2.24) is 0 Å². The molecule has 4 aliphatic rings. The number of carbonyl (C=O) groups is 1. The van der Waals surface area contributed by atoms with Crippen LogP contribution in [-0.4, -0.2) is 11.1 Å². The third-order valence-corrected chi connectivity index (χ3v) is 5.96. The summed E-state index contributed by atoms with van der Waals surface area (Å²) >= 11 is 0. The van der Waals surface area contributed by atoms with E-state index in [-0.39, 0.29) is 5.76 Å². The van der Waals surface area contributed by atoms with Crippen molar-refractivity contribution in [2.75, 3.05) is 0 Å². The minimum absolute atomic E-state index is 0.0993. The third-order valence-electron chi connectivity index (χ3n) is 5.96. The Hall–Kier alpha value is -1.25. The van der Waals surface area contributed by atoms with Gasteiger partial charge in [0.1, 0.15) is 5.76 Å². The van der Waals surface area contributed by atoms with Crippen LogP contribution in [0, 0.1) is 30.1 Å². The van der Waals surface area contributed by atoms with Crippen LogP contribution in [0.15, 0.2) is 10.5 Å². The van der Waals surface area contributed by atoms with E-state index < -0.39 is 5.97 Å². The number of rotatable bonds is 3. The smallest absolute Gasteiger partial charge is 0.371 e. The number of furan rings is 1. The molecule has 1 heterocycles. The van der Waals surface area contributed by atoms with Crippen molar-refractivity contribution in [3.63, 3.8) is 0 Å². The van der Waals surface area contributed by atoms with Crippen LogP contribution in [0.25, 0.3) is 0 Å². The van der Waals surface area contributed by atoms with Gasteiger partial charge in [-0.2, -0.15) is 0 Å². The van der Waals surface area contributed by atoms with E-state index in [1.807, 2.05) is 6.92 Å². The molecule has 4 bridgehead atoms. The first-order valence-electron chi connectivity index (χ1n) is 7.86. The van der Waals surface area contributed by atoms with Gasteiger partial charge >= 0.3 is 5.97 Å². The van der Waals surface area contributed by atoms with E-state index in [0.717, 1.165) is 35.5 Å². The molecule has 0 atom stereocenters. The third kappa shape index (κ3) is 1.90. The topological polar surface area (TPSA) is 50.4 Å². The summed E-state index contributed by atoms with van der Waals surface area (Å²) in [5.74, 6) is 2.76. The fourth-order valence-corrected chi connectivity index (χ4v) is 5.71. The highest BCUT2D eigenvalue weighted by Crippen LogP contribution is 2.61. The standard InChI is InChI=1S/C17H22O3/c1-10-14(5-15(20-10)16(18)19)9-17-6-11-2-12(7-17)4-13(3-11)8-17/h5,11-13H,2-4,6-9H2,1H3,(H,18,19). The van der Waals surface area contributed by atoms with E-state index in [4.69, 9.17) is 9.52 Å². The normalized spacial score (nSPS) is 38.4. The summed E-state index contributed by atoms with van der Waals surface area (Å²) < 4.78 is 5.39. The largest absolute Gasteiger partial charge is 0.475 e. The van der Waals surface area contributed by atoms with Crippen LogP contribution in [0.4, 0.5) is 0 Å². The molecular weight excluding hydrogens is 252 g/mol. The summed E-state index contributed by atoms with van der Waals surface area (Å²) in [6.45, 7) is 1.91. The Morgan fingerprint density at radius 2 is 1.80 bits per heavy atom. The fourth-order valence-electron chi connectivity index (χ4n) is 5.71. The number of hydrogen-bond donors (Lipinski definition) is 1. The monoisotopic (exact) mass is 274 g/mol. The lowest BCUT2D eigenvalue weighted by Crippen LogP contribution is -2.47. The first kappa shape index (κ1) is 12.5. The predicted octanol–water partition coefficient (Wildman–Crippen LogP) is 4.05. The van der Waals surface area contributed by atoms with Gasteiger partial charge in [-0.05, 0) is 86.7 Å². The van der Waals surface area contributed by atoms with Gasteiger partial charge in [-0.15, -0.1) is 0 Å². The van der Waals surface area contributed by atoms with E-state index in [9.17, 15) is 4.79 Å². The van der Waals surface area contributed by atoms with Gasteiger partial charge in [0.25, 0.3) is 0 Å². The maximum Gasteiger partial charge on any atom is 0.371 e. The van der Waals surface area contributed by atoms with Gasteiger partial charge in [-0.3, -0.25) is 0 Å². The molecule has 20 heavy (non-hydrogen) atoms. The second kappa shape index (κ2) is 4.12. The highest BCUT2D eigenvalue weighted by Gasteiger charge is 2.50. The Labute approximate surface area is 119 Å². The number of aryl methyl sites for hydroxylation is 1. The van der Waals surface area contributed by atoms with Gasteiger partial charge in [0, 0.05) is 0 Å². The first-order chi connectivity index (χ1) is 9.53. The van der Waals surface area contributed by atoms with Crippen LogP contribution in [0.2, 0.25) is 0 Å². The zero-order valence-corrected chi connectivity index (χ0v) is 12.0. The number of aromatic carboxylic acids is 1. The number of hydrogen-bond acceptors (Lipinski definition) is 2. The first-order valence-corrected chi connectivity index (χ1v) is 7.86. The fraction of sp³-hybridized carbons (Fsp3) is 0.706. The van der Waals surface area contributed by atoms with Crippen LogP contribution in [-0.2, 0) is 6.42 Å². The van der Waals surface area contributed by atoms with Crippen LogP contribution >= 0.6 is 0 Å². The molecule has 0 unspecified atom stereocenters. The van der Waals surface area contributed by atoms with Gasteiger partial charge in [0.2, 0.25) is 5.76 Å². The predicted molar refractivity (Wildman–Crippen MR) is 74.7 cm³/mol. The van der Waals surface area contributed by atoms with Crippen molar-refractivity contribution in [3.8, 4) is 0 Å². The summed E-state index contributed by atoms with van der Waals surface area (Å²) in [5.41, 5.74) is 1.57. The zero-order chi connectivity index (χ0) is 13.9. The Morgan fingerprint density at radius 3 is 2.25 bits per heavy atom. The molecule has 3 nitrogen and oxygen atoms in total. The molecule has 4 saturated carbocycles. The highest BCUT2D eigenvalue weighted by atomic mass is 16.4. The van der Waals surface area contributed by atoms with E-state index in [0.29, 0.717) is 5.41 Å². The Bertz CT molecular complexity index is 519. The molecule has 4 aliphatic carbocycles. The Balaban J connectivity index is 1.61. The molecule has 1 N–H and O–H groups in total. The minimum Gasteiger partial charge on any atom is -0.475 e. The molecule has 0 radical (unpaired) electrons. The van der Waals surface area contributed by atoms with Crippen LogP contribution in [0.5, 0.6) is 0 Å². The van der Waals surface area contributed by atoms with Crippen LogP contribution < -0.4 is 0 Å². The number of carboxylic acid groups (broad SMARTS) is 1. The maximum absolute atomic E-state index is 11.0. The molecule has 0 aromatic carbocycles. The molecule has 0 spiro atoms. The van der Waals surface area contributed by atoms with Gasteiger partial charge in [-0.1, -0.05) is 0 Å². The van der Waals surface area contributed by atoms with Crippen molar-refractivity contribution < 1.29 is 14.3 Å². The van der Waals surface area contributed by atoms with E-state index in [2.05, 4.69) is 0 Å². The Morgan fingerprint density at radius 1 is 1.25 bits per heavy atom. The van der Waals surface area contributed by atoms with Gasteiger partial charge in [0.15, 0.2) is 0 Å². The summed E-state index contributed by atoms with van der Waals surface area (Å²) in [6.07, 6.45) is 9.43. The minimum atomic E-state index is -0.954. The van der Waals surface area contributed by atoms with Gasteiger partial charge in [-0.25, -0.2) is 4.79 Å². The SMILES string of the molecule is Cc1oc(C(=O)O)cc1CC12CC3CC(CC(C3)C1)C2. The molecule has 108 valence electrons. The highest BCUT2D eigenvalue weighted by molar-refractivity contribution is 5.84. The van der Waals surface area contributed by atoms with Crippen LogP contribution in [0.3, 0.4) is 0 Å². The summed E-state index contributed by atoms with van der Waals surface area (Å²) in [7, 11) is 0. The van der Waals surface area contributed by atoms with Crippen LogP contribution in [0.1, 0.15) is 60.4 Å². The van der Waals surface area contributed by atoms with Crippen molar-refractivity contribution in [2.24, 2.45) is 23.2 Å². The average molecular weight is 274 g/mol. The molecule has 1 aromatic rings. The molecule has 0 aliphatic heterocycles. The molecule has 4 fully saturated rings. The lowest BCUT2D eigenvalue weighted by atomic mass is 9.48. The summed E-state index contributed by atoms with van der Waals surface area (Å²) in [5, 5.41) is 9.06. The molecule has 1 aromatic heterocycles. The van der Waals surface area contributed by atoms with Gasteiger partial charge < -0.3 is 9.52 Å². The molecule has 0 saturated heterocycles. The molecular formula is C17H22O3. The van der Waals surface area contributed by atoms with E-state index >= 15 is 0 Å². The lowest BCUT2D eigenvalue weighted by molar-refractivity contribution is -0.0523. The summed E-state index contributed by atoms with van der Waals surface area (Å²) in [6, 6.07) is 1.76. The van der Waals surface area contributed by atoms with Crippen molar-refractivity contribution in [1.29, 1.82) is 0 Å². The lowest BCUT2D eigenvalue weighted by Gasteiger charge is -2.57.